The third-order valence-corrected chi connectivity index (χ3v) is 5.62. The maximum Gasteiger partial charge on any atom is 0.325 e. The summed E-state index contributed by atoms with van der Waals surface area (Å²) in [6, 6.07) is 0. The molecule has 2 rings (SSSR count). The molecule has 8 nitrogen and oxygen atoms in total. The zero-order chi connectivity index (χ0) is 15.5. The Morgan fingerprint density at radius 3 is 2.52 bits per heavy atom. The molecule has 0 bridgehead atoms. The second-order valence-corrected chi connectivity index (χ2v) is 6.99. The minimum absolute atomic E-state index is 0.280. The average molecular weight is 316 g/mol. The van der Waals surface area contributed by atoms with Gasteiger partial charge in [-0.2, -0.15) is 4.31 Å². The fourth-order valence-corrected chi connectivity index (χ4v) is 4.00. The van der Waals surface area contributed by atoms with Crippen molar-refractivity contribution in [1.29, 1.82) is 0 Å². The molecule has 0 aromatic carbocycles. The second-order valence-electron chi connectivity index (χ2n) is 5.09. The van der Waals surface area contributed by atoms with Gasteiger partial charge in [-0.1, -0.05) is 6.92 Å². The highest BCUT2D eigenvalue weighted by atomic mass is 32.2. The van der Waals surface area contributed by atoms with Gasteiger partial charge in [0.2, 0.25) is 10.0 Å². The van der Waals surface area contributed by atoms with Crippen LogP contribution in [0.1, 0.15) is 19.8 Å². The van der Waals surface area contributed by atoms with E-state index >= 15 is 0 Å². The Bertz CT molecular complexity index is 688. The Balaban J connectivity index is 2.26. The molecular formula is C12H20N4O4S. The Morgan fingerprint density at radius 1 is 1.29 bits per heavy atom. The summed E-state index contributed by atoms with van der Waals surface area (Å²) >= 11 is 0. The van der Waals surface area contributed by atoms with E-state index in [1.54, 1.807) is 6.92 Å². The van der Waals surface area contributed by atoms with Gasteiger partial charge in [-0.3, -0.25) is 9.78 Å². The van der Waals surface area contributed by atoms with Crippen LogP contribution in [-0.2, 0) is 10.0 Å². The zero-order valence-electron chi connectivity index (χ0n) is 11.9. The van der Waals surface area contributed by atoms with Crippen LogP contribution in [0.5, 0.6) is 0 Å². The molecule has 1 aromatic heterocycles. The summed E-state index contributed by atoms with van der Waals surface area (Å²) in [5, 5.41) is 3.23. The number of aromatic nitrogens is 2. The normalized spacial score (nSPS) is 17.2. The van der Waals surface area contributed by atoms with E-state index in [0.717, 1.165) is 32.1 Å². The number of nitrogens with one attached hydrogen (secondary N) is 3. The van der Waals surface area contributed by atoms with Gasteiger partial charge >= 0.3 is 5.69 Å². The van der Waals surface area contributed by atoms with E-state index < -0.39 is 26.2 Å². The van der Waals surface area contributed by atoms with Crippen molar-refractivity contribution in [2.45, 2.75) is 24.7 Å². The van der Waals surface area contributed by atoms with Gasteiger partial charge in [0.05, 0.1) is 0 Å². The summed E-state index contributed by atoms with van der Waals surface area (Å²) in [5.41, 5.74) is -1.61. The van der Waals surface area contributed by atoms with E-state index in [0.29, 0.717) is 6.54 Å². The maximum atomic E-state index is 12.5. The minimum Gasteiger partial charge on any atom is -0.317 e. The van der Waals surface area contributed by atoms with Crippen LogP contribution in [0.4, 0.5) is 0 Å². The van der Waals surface area contributed by atoms with E-state index in [1.807, 2.05) is 4.98 Å². The highest BCUT2D eigenvalue weighted by molar-refractivity contribution is 7.89. The first-order chi connectivity index (χ1) is 9.95. The lowest BCUT2D eigenvalue weighted by molar-refractivity contribution is 0.294. The van der Waals surface area contributed by atoms with E-state index in [9.17, 15) is 18.0 Å². The van der Waals surface area contributed by atoms with Gasteiger partial charge in [0.25, 0.3) is 5.56 Å². The molecule has 0 amide bonds. The fraction of sp³-hybridized carbons (Fsp3) is 0.667. The molecule has 0 saturated carbocycles. The molecule has 2 heterocycles. The van der Waals surface area contributed by atoms with E-state index in [1.165, 1.54) is 4.31 Å². The smallest absolute Gasteiger partial charge is 0.317 e. The summed E-state index contributed by atoms with van der Waals surface area (Å²) < 4.78 is 26.4. The molecule has 1 aliphatic heterocycles. The monoisotopic (exact) mass is 316 g/mol. The fourth-order valence-electron chi connectivity index (χ4n) is 2.48. The van der Waals surface area contributed by atoms with Crippen molar-refractivity contribution in [3.05, 3.63) is 27.0 Å². The molecule has 1 aliphatic rings. The number of hydrogen-bond acceptors (Lipinski definition) is 5. The largest absolute Gasteiger partial charge is 0.325 e. The van der Waals surface area contributed by atoms with Crippen LogP contribution in [0.2, 0.25) is 0 Å². The van der Waals surface area contributed by atoms with Crippen molar-refractivity contribution < 1.29 is 8.42 Å². The summed E-state index contributed by atoms with van der Waals surface area (Å²) in [7, 11) is -3.90. The highest BCUT2D eigenvalue weighted by Crippen LogP contribution is 2.18. The molecule has 21 heavy (non-hydrogen) atoms. The SMILES string of the molecule is CCN(CC1CCNCC1)S(=O)(=O)c1c[nH]c(=O)[nH]c1=O. The Morgan fingerprint density at radius 2 is 1.95 bits per heavy atom. The van der Waals surface area contributed by atoms with Crippen molar-refractivity contribution in [3.63, 3.8) is 0 Å². The number of piperidine rings is 1. The quantitative estimate of drug-likeness (QED) is 0.649. The molecule has 118 valence electrons. The lowest BCUT2D eigenvalue weighted by atomic mass is 9.98. The molecule has 0 spiro atoms. The maximum absolute atomic E-state index is 12.5. The summed E-state index contributed by atoms with van der Waals surface area (Å²) in [6.07, 6.45) is 2.78. The number of nitrogens with zero attached hydrogens (tertiary/aromatic N) is 1. The van der Waals surface area contributed by atoms with E-state index in [-0.39, 0.29) is 12.5 Å². The van der Waals surface area contributed by atoms with Crippen LogP contribution in [0, 0.1) is 5.92 Å². The molecule has 1 aromatic rings. The first-order valence-electron chi connectivity index (χ1n) is 6.98. The summed E-state index contributed by atoms with van der Waals surface area (Å²) in [6.45, 7) is 4.16. The number of sulfonamides is 1. The van der Waals surface area contributed by atoms with Crippen molar-refractivity contribution >= 4 is 10.0 Å². The molecule has 0 aliphatic carbocycles. The molecular weight excluding hydrogens is 296 g/mol. The van der Waals surface area contributed by atoms with E-state index in [4.69, 9.17) is 0 Å². The number of hydrogen-bond donors (Lipinski definition) is 3. The summed E-state index contributed by atoms with van der Waals surface area (Å²) in [4.78, 5) is 26.4. The van der Waals surface area contributed by atoms with Crippen LogP contribution in [-0.4, -0.2) is 48.9 Å². The predicted octanol–water partition coefficient (Wildman–Crippen LogP) is -0.927. The van der Waals surface area contributed by atoms with Crippen LogP contribution >= 0.6 is 0 Å². The first kappa shape index (κ1) is 15.9. The lowest BCUT2D eigenvalue weighted by Crippen LogP contribution is -2.41. The Hall–Kier alpha value is -1.45. The van der Waals surface area contributed by atoms with Gasteiger partial charge in [-0.15, -0.1) is 0 Å². The average Bonchev–Trinajstić information content (AvgIpc) is 2.45. The van der Waals surface area contributed by atoms with Gasteiger partial charge in [0.1, 0.15) is 0 Å². The highest BCUT2D eigenvalue weighted by Gasteiger charge is 2.29. The van der Waals surface area contributed by atoms with Gasteiger partial charge in [0, 0.05) is 19.3 Å². The number of rotatable bonds is 5. The molecule has 1 saturated heterocycles. The van der Waals surface area contributed by atoms with Gasteiger partial charge in [0.15, 0.2) is 4.90 Å². The number of aromatic amines is 2. The van der Waals surface area contributed by atoms with Crippen molar-refractivity contribution in [2.75, 3.05) is 26.2 Å². The second kappa shape index (κ2) is 6.54. The van der Waals surface area contributed by atoms with Gasteiger partial charge < -0.3 is 10.3 Å². The number of H-pyrrole nitrogens is 2. The topological polar surface area (TPSA) is 115 Å². The molecule has 3 N–H and O–H groups in total. The molecule has 0 radical (unpaired) electrons. The molecule has 0 unspecified atom stereocenters. The predicted molar refractivity (Wildman–Crippen MR) is 77.7 cm³/mol. The van der Waals surface area contributed by atoms with E-state index in [2.05, 4.69) is 10.3 Å². The zero-order valence-corrected chi connectivity index (χ0v) is 12.7. The van der Waals surface area contributed by atoms with Gasteiger partial charge in [-0.25, -0.2) is 13.2 Å². The van der Waals surface area contributed by atoms with Crippen LogP contribution in [0.15, 0.2) is 20.7 Å². The molecule has 1 fully saturated rings. The first-order valence-corrected chi connectivity index (χ1v) is 8.42. The third-order valence-electron chi connectivity index (χ3n) is 3.68. The third kappa shape index (κ3) is 3.60. The van der Waals surface area contributed by atoms with Crippen LogP contribution in [0.3, 0.4) is 0 Å². The Labute approximate surface area is 122 Å². The van der Waals surface area contributed by atoms with Crippen LogP contribution < -0.4 is 16.6 Å². The van der Waals surface area contributed by atoms with Crippen molar-refractivity contribution in [1.82, 2.24) is 19.6 Å². The Kier molecular flexibility index (Phi) is 4.96. The standard InChI is InChI=1S/C12H20N4O4S/c1-2-16(8-9-3-5-13-6-4-9)21(19,20)10-7-14-12(18)15-11(10)17/h7,9,13H,2-6,8H2,1H3,(H2,14,15,17,18). The van der Waals surface area contributed by atoms with Gasteiger partial charge in [-0.05, 0) is 31.8 Å². The molecule has 9 heteroatoms. The lowest BCUT2D eigenvalue weighted by Gasteiger charge is -2.28. The van der Waals surface area contributed by atoms with Crippen molar-refractivity contribution in [2.24, 2.45) is 5.92 Å². The minimum atomic E-state index is -3.90. The van der Waals surface area contributed by atoms with Crippen molar-refractivity contribution in [3.8, 4) is 0 Å². The summed E-state index contributed by atoms with van der Waals surface area (Å²) in [5.74, 6) is 0.280. The van der Waals surface area contributed by atoms with Crippen LogP contribution in [0.25, 0.3) is 0 Å². The molecule has 0 atom stereocenters.